The van der Waals surface area contributed by atoms with Crippen LogP contribution in [0.1, 0.15) is 19.8 Å². The summed E-state index contributed by atoms with van der Waals surface area (Å²) in [5.74, 6) is 0.0203. The molecule has 1 aliphatic rings. The molecule has 0 unspecified atom stereocenters. The molecule has 0 saturated carbocycles. The van der Waals surface area contributed by atoms with Crippen LogP contribution in [0.3, 0.4) is 0 Å². The summed E-state index contributed by atoms with van der Waals surface area (Å²) < 4.78 is 30.1. The molecular weight excluding hydrogens is 232 g/mol. The number of hydrogen-bond donors (Lipinski definition) is 1. The second-order valence-corrected chi connectivity index (χ2v) is 5.67. The van der Waals surface area contributed by atoms with Gasteiger partial charge in [0.1, 0.15) is 0 Å². The third kappa shape index (κ3) is 3.73. The molecule has 94 valence electrons. The van der Waals surface area contributed by atoms with E-state index in [-0.39, 0.29) is 12.4 Å². The summed E-state index contributed by atoms with van der Waals surface area (Å²) in [5.41, 5.74) is 0.663. The summed E-state index contributed by atoms with van der Waals surface area (Å²) in [7, 11) is -3.22. The molecule has 16 heavy (non-hydrogen) atoms. The monoisotopic (exact) mass is 250 g/mol. The maximum Gasteiger partial charge on any atom is 0.216 e. The van der Waals surface area contributed by atoms with Crippen LogP contribution in [0.5, 0.6) is 0 Å². The van der Waals surface area contributed by atoms with E-state index < -0.39 is 10.0 Å². The Morgan fingerprint density at radius 1 is 1.44 bits per heavy atom. The van der Waals surface area contributed by atoms with Gasteiger partial charge < -0.3 is 9.94 Å². The lowest BCUT2D eigenvalue weighted by atomic mass is 10.1. The number of nitrogens with zero attached hydrogens (tertiary/aromatic N) is 2. The largest absolute Gasteiger partial charge is 0.411 e. The second kappa shape index (κ2) is 6.17. The quantitative estimate of drug-likeness (QED) is 0.432. The summed E-state index contributed by atoms with van der Waals surface area (Å²) in [5, 5.41) is 11.7. The highest BCUT2D eigenvalue weighted by atomic mass is 32.2. The van der Waals surface area contributed by atoms with E-state index in [1.165, 1.54) is 4.31 Å². The van der Waals surface area contributed by atoms with Crippen molar-refractivity contribution in [3.63, 3.8) is 0 Å². The van der Waals surface area contributed by atoms with E-state index in [9.17, 15) is 8.42 Å². The third-order valence-electron chi connectivity index (χ3n) is 2.52. The highest BCUT2D eigenvalue weighted by molar-refractivity contribution is 7.89. The average Bonchev–Trinajstić information content (AvgIpc) is 2.29. The summed E-state index contributed by atoms with van der Waals surface area (Å²) in [6.45, 7) is 3.38. The lowest BCUT2D eigenvalue weighted by Gasteiger charge is -2.26. The second-order valence-electron chi connectivity index (χ2n) is 3.58. The van der Waals surface area contributed by atoms with Crippen molar-refractivity contribution in [3.8, 4) is 0 Å². The van der Waals surface area contributed by atoms with Crippen LogP contribution < -0.4 is 0 Å². The zero-order valence-corrected chi connectivity index (χ0v) is 10.2. The zero-order chi connectivity index (χ0) is 12.0. The average molecular weight is 250 g/mol. The number of rotatable bonds is 5. The van der Waals surface area contributed by atoms with Crippen LogP contribution in [-0.2, 0) is 14.8 Å². The van der Waals surface area contributed by atoms with Crippen molar-refractivity contribution < 1.29 is 18.4 Å². The minimum Gasteiger partial charge on any atom is -0.411 e. The van der Waals surface area contributed by atoms with Gasteiger partial charge in [-0.25, -0.2) is 12.7 Å². The maximum atomic E-state index is 11.8. The van der Waals surface area contributed by atoms with E-state index >= 15 is 0 Å². The van der Waals surface area contributed by atoms with Gasteiger partial charge in [0.2, 0.25) is 10.0 Å². The first-order valence-corrected chi connectivity index (χ1v) is 6.96. The van der Waals surface area contributed by atoms with Crippen molar-refractivity contribution in [1.82, 2.24) is 4.31 Å². The van der Waals surface area contributed by atoms with E-state index in [2.05, 4.69) is 5.16 Å². The highest BCUT2D eigenvalue weighted by Crippen LogP contribution is 2.12. The Labute approximate surface area is 95.9 Å². The van der Waals surface area contributed by atoms with Crippen molar-refractivity contribution in [2.45, 2.75) is 19.8 Å². The molecule has 0 radical (unpaired) electrons. The minimum absolute atomic E-state index is 0.0203. The molecule has 0 aromatic rings. The third-order valence-corrected chi connectivity index (χ3v) is 4.36. The molecule has 0 spiro atoms. The van der Waals surface area contributed by atoms with Crippen molar-refractivity contribution in [2.24, 2.45) is 5.16 Å². The molecule has 1 N–H and O–H groups in total. The first-order chi connectivity index (χ1) is 7.60. The molecule has 0 amide bonds. The number of oxime groups is 1. The first-order valence-electron chi connectivity index (χ1n) is 5.35. The van der Waals surface area contributed by atoms with Gasteiger partial charge >= 0.3 is 0 Å². The SMILES string of the molecule is CCOCCS(=O)(=O)N1CCC(=NO)CC1. The van der Waals surface area contributed by atoms with Crippen molar-refractivity contribution in [1.29, 1.82) is 0 Å². The van der Waals surface area contributed by atoms with Gasteiger partial charge in [0.15, 0.2) is 0 Å². The van der Waals surface area contributed by atoms with Gasteiger partial charge in [-0.1, -0.05) is 5.16 Å². The predicted octanol–water partition coefficient (Wildman–Crippen LogP) is 0.279. The Hall–Kier alpha value is -0.660. The van der Waals surface area contributed by atoms with E-state index in [1.54, 1.807) is 0 Å². The van der Waals surface area contributed by atoms with Crippen molar-refractivity contribution in [3.05, 3.63) is 0 Å². The predicted molar refractivity (Wildman–Crippen MR) is 60.3 cm³/mol. The van der Waals surface area contributed by atoms with E-state index in [0.29, 0.717) is 38.2 Å². The lowest BCUT2D eigenvalue weighted by Crippen LogP contribution is -2.40. The molecule has 0 aliphatic carbocycles. The van der Waals surface area contributed by atoms with Crippen LogP contribution >= 0.6 is 0 Å². The summed E-state index contributed by atoms with van der Waals surface area (Å²) in [6.07, 6.45) is 1.01. The maximum absolute atomic E-state index is 11.8. The Morgan fingerprint density at radius 2 is 2.06 bits per heavy atom. The van der Waals surface area contributed by atoms with Crippen LogP contribution in [0, 0.1) is 0 Å². The van der Waals surface area contributed by atoms with E-state index in [4.69, 9.17) is 9.94 Å². The summed E-state index contributed by atoms with van der Waals surface area (Å²) >= 11 is 0. The summed E-state index contributed by atoms with van der Waals surface area (Å²) in [4.78, 5) is 0. The highest BCUT2D eigenvalue weighted by Gasteiger charge is 2.25. The Kier molecular flexibility index (Phi) is 5.17. The Morgan fingerprint density at radius 3 is 2.56 bits per heavy atom. The Bertz CT molecular complexity index is 329. The molecule has 1 heterocycles. The molecule has 0 atom stereocenters. The topological polar surface area (TPSA) is 79.2 Å². The molecule has 0 bridgehead atoms. The van der Waals surface area contributed by atoms with E-state index in [0.717, 1.165) is 0 Å². The van der Waals surface area contributed by atoms with Gasteiger partial charge in [-0.3, -0.25) is 0 Å². The molecule has 1 rings (SSSR count). The Balaban J connectivity index is 2.45. The fourth-order valence-electron chi connectivity index (χ4n) is 1.56. The molecule has 1 saturated heterocycles. The summed E-state index contributed by atoms with van der Waals surface area (Å²) in [6, 6.07) is 0. The zero-order valence-electron chi connectivity index (χ0n) is 9.42. The number of piperidine rings is 1. The van der Waals surface area contributed by atoms with Gasteiger partial charge in [-0.05, 0) is 6.92 Å². The molecule has 1 aliphatic heterocycles. The van der Waals surface area contributed by atoms with Gasteiger partial charge in [-0.2, -0.15) is 0 Å². The van der Waals surface area contributed by atoms with Crippen LogP contribution in [0.25, 0.3) is 0 Å². The molecule has 7 heteroatoms. The molecular formula is C9H18N2O4S. The van der Waals surface area contributed by atoms with Crippen LogP contribution in [0.4, 0.5) is 0 Å². The van der Waals surface area contributed by atoms with Gasteiger partial charge in [0.05, 0.1) is 18.1 Å². The number of ether oxygens (including phenoxy) is 1. The van der Waals surface area contributed by atoms with Crippen LogP contribution in [-0.4, -0.2) is 55.7 Å². The van der Waals surface area contributed by atoms with Crippen LogP contribution in [0.2, 0.25) is 0 Å². The fourth-order valence-corrected chi connectivity index (χ4v) is 2.89. The van der Waals surface area contributed by atoms with E-state index in [1.807, 2.05) is 6.92 Å². The molecule has 1 fully saturated rings. The minimum atomic E-state index is -3.22. The van der Waals surface area contributed by atoms with Crippen molar-refractivity contribution >= 4 is 15.7 Å². The smallest absolute Gasteiger partial charge is 0.216 e. The van der Waals surface area contributed by atoms with Gasteiger partial charge in [0, 0.05) is 32.5 Å². The molecule has 0 aromatic heterocycles. The fraction of sp³-hybridized carbons (Fsp3) is 0.889. The lowest BCUT2D eigenvalue weighted by molar-refractivity contribution is 0.162. The number of sulfonamides is 1. The number of hydrogen-bond acceptors (Lipinski definition) is 5. The standard InChI is InChI=1S/C9H18N2O4S/c1-2-15-7-8-16(13,14)11-5-3-9(10-12)4-6-11/h12H,2-8H2,1H3. The first kappa shape index (κ1) is 13.4. The van der Waals surface area contributed by atoms with Gasteiger partial charge in [-0.15, -0.1) is 0 Å². The van der Waals surface area contributed by atoms with Crippen LogP contribution in [0.15, 0.2) is 5.16 Å². The van der Waals surface area contributed by atoms with Crippen molar-refractivity contribution in [2.75, 3.05) is 32.1 Å². The van der Waals surface area contributed by atoms with Gasteiger partial charge in [0.25, 0.3) is 0 Å². The normalized spacial score (nSPS) is 18.7. The molecule has 0 aromatic carbocycles. The molecule has 6 nitrogen and oxygen atoms in total.